The lowest BCUT2D eigenvalue weighted by Gasteiger charge is -2.10. The Kier molecular flexibility index (Phi) is 4.18. The van der Waals surface area contributed by atoms with Gasteiger partial charge in [-0.2, -0.15) is 0 Å². The molecule has 13 heavy (non-hydrogen) atoms. The topological polar surface area (TPSA) is 63.8 Å². The first-order valence-electron chi connectivity index (χ1n) is 4.53. The molecule has 1 aromatic rings. The molecule has 0 fully saturated rings. The van der Waals surface area contributed by atoms with Gasteiger partial charge in [-0.3, -0.25) is 0 Å². The Morgan fingerprint density at radius 1 is 1.62 bits per heavy atom. The van der Waals surface area contributed by atoms with Gasteiger partial charge < -0.3 is 11.1 Å². The fourth-order valence-corrected chi connectivity index (χ4v) is 1.06. The zero-order chi connectivity index (χ0) is 9.52. The lowest BCUT2D eigenvalue weighted by Crippen LogP contribution is -2.15. The van der Waals surface area contributed by atoms with Gasteiger partial charge in [-0.05, 0) is 24.9 Å². The summed E-state index contributed by atoms with van der Waals surface area (Å²) >= 11 is 0. The molecule has 0 aromatic carbocycles. The zero-order valence-corrected chi connectivity index (χ0v) is 7.90. The van der Waals surface area contributed by atoms with Crippen LogP contribution in [0.1, 0.15) is 13.3 Å². The summed E-state index contributed by atoms with van der Waals surface area (Å²) in [6.07, 6.45) is 4.30. The van der Waals surface area contributed by atoms with Crippen LogP contribution in [0, 0.1) is 5.92 Å². The Balaban J connectivity index is 2.27. The van der Waals surface area contributed by atoms with Gasteiger partial charge in [0.2, 0.25) is 0 Å². The van der Waals surface area contributed by atoms with Crippen LogP contribution in [0.25, 0.3) is 0 Å². The molecule has 0 saturated carbocycles. The first-order chi connectivity index (χ1) is 6.33. The predicted molar refractivity (Wildman–Crippen MR) is 53.4 cm³/mol. The summed E-state index contributed by atoms with van der Waals surface area (Å²) in [5.41, 5.74) is 5.44. The molecule has 4 nitrogen and oxygen atoms in total. The molecule has 1 atom stereocenters. The minimum Gasteiger partial charge on any atom is -0.370 e. The number of hydrogen-bond donors (Lipinski definition) is 2. The van der Waals surface area contributed by atoms with Crippen molar-refractivity contribution in [3.63, 3.8) is 0 Å². The van der Waals surface area contributed by atoms with E-state index in [-0.39, 0.29) is 0 Å². The third kappa shape index (κ3) is 3.85. The second-order valence-corrected chi connectivity index (χ2v) is 3.16. The molecule has 0 amide bonds. The van der Waals surface area contributed by atoms with E-state index in [0.717, 1.165) is 25.3 Å². The van der Waals surface area contributed by atoms with E-state index in [1.165, 1.54) is 6.33 Å². The van der Waals surface area contributed by atoms with Crippen molar-refractivity contribution in [2.24, 2.45) is 11.7 Å². The van der Waals surface area contributed by atoms with Crippen molar-refractivity contribution in [1.29, 1.82) is 0 Å². The van der Waals surface area contributed by atoms with Crippen LogP contribution in [0.4, 0.5) is 5.82 Å². The van der Waals surface area contributed by atoms with Crippen molar-refractivity contribution in [2.75, 3.05) is 18.4 Å². The number of nitrogens with two attached hydrogens (primary N) is 1. The van der Waals surface area contributed by atoms with Crippen LogP contribution in [0.5, 0.6) is 0 Å². The lowest BCUT2D eigenvalue weighted by atomic mass is 10.1. The maximum absolute atomic E-state index is 5.44. The maximum Gasteiger partial charge on any atom is 0.129 e. The Bertz CT molecular complexity index is 224. The Hall–Kier alpha value is -1.16. The molecule has 0 aliphatic carbocycles. The van der Waals surface area contributed by atoms with Crippen molar-refractivity contribution >= 4 is 5.82 Å². The van der Waals surface area contributed by atoms with Crippen molar-refractivity contribution in [2.45, 2.75) is 13.3 Å². The second-order valence-electron chi connectivity index (χ2n) is 3.16. The summed E-state index contributed by atoms with van der Waals surface area (Å²) in [5.74, 6) is 1.46. The number of nitrogens with one attached hydrogen (secondary N) is 1. The minimum absolute atomic E-state index is 0.583. The highest BCUT2D eigenvalue weighted by molar-refractivity contribution is 5.31. The molecule has 3 N–H and O–H groups in total. The van der Waals surface area contributed by atoms with Crippen LogP contribution >= 0.6 is 0 Å². The Morgan fingerprint density at radius 3 is 3.08 bits per heavy atom. The number of rotatable bonds is 5. The number of hydrogen-bond acceptors (Lipinski definition) is 4. The van der Waals surface area contributed by atoms with Gasteiger partial charge in [0.1, 0.15) is 12.1 Å². The van der Waals surface area contributed by atoms with E-state index in [1.807, 2.05) is 6.07 Å². The molecule has 1 heterocycles. The van der Waals surface area contributed by atoms with E-state index in [1.54, 1.807) is 6.20 Å². The number of aromatic nitrogens is 2. The summed E-state index contributed by atoms with van der Waals surface area (Å²) in [5, 5.41) is 3.22. The highest BCUT2D eigenvalue weighted by Crippen LogP contribution is 2.03. The molecule has 0 bridgehead atoms. The molecule has 0 spiro atoms. The Morgan fingerprint density at radius 2 is 2.46 bits per heavy atom. The molecule has 0 aliphatic heterocycles. The molecule has 0 saturated heterocycles. The first kappa shape index (κ1) is 9.92. The average molecular weight is 180 g/mol. The van der Waals surface area contributed by atoms with Gasteiger partial charge in [0.15, 0.2) is 0 Å². The third-order valence-electron chi connectivity index (χ3n) is 1.87. The van der Waals surface area contributed by atoms with Crippen molar-refractivity contribution in [1.82, 2.24) is 9.97 Å². The van der Waals surface area contributed by atoms with Crippen LogP contribution in [-0.4, -0.2) is 23.1 Å². The minimum atomic E-state index is 0.583. The smallest absolute Gasteiger partial charge is 0.129 e. The molecule has 0 aliphatic rings. The fourth-order valence-electron chi connectivity index (χ4n) is 1.06. The summed E-state index contributed by atoms with van der Waals surface area (Å²) in [6, 6.07) is 1.86. The van der Waals surface area contributed by atoms with Crippen LogP contribution in [0.3, 0.4) is 0 Å². The van der Waals surface area contributed by atoms with Gasteiger partial charge >= 0.3 is 0 Å². The highest BCUT2D eigenvalue weighted by Gasteiger charge is 2.00. The number of anilines is 1. The van der Waals surface area contributed by atoms with E-state index in [4.69, 9.17) is 5.73 Å². The standard InChI is InChI=1S/C9H16N4/c1-8(2-4-10)6-12-9-3-5-11-7-13-9/h3,5,7-8H,2,4,6,10H2,1H3,(H,11,12,13). The molecule has 1 unspecified atom stereocenters. The molecule has 4 heteroatoms. The SMILES string of the molecule is CC(CCN)CNc1ccncn1. The van der Waals surface area contributed by atoms with Gasteiger partial charge in [0.25, 0.3) is 0 Å². The summed E-state index contributed by atoms with van der Waals surface area (Å²) < 4.78 is 0. The number of nitrogens with zero attached hydrogens (tertiary/aromatic N) is 2. The van der Waals surface area contributed by atoms with Gasteiger partial charge in [-0.15, -0.1) is 0 Å². The van der Waals surface area contributed by atoms with Crippen LogP contribution < -0.4 is 11.1 Å². The summed E-state index contributed by atoms with van der Waals surface area (Å²) in [7, 11) is 0. The largest absolute Gasteiger partial charge is 0.370 e. The molecule has 72 valence electrons. The molecule has 0 radical (unpaired) electrons. The van der Waals surface area contributed by atoms with Crippen LogP contribution in [-0.2, 0) is 0 Å². The summed E-state index contributed by atoms with van der Waals surface area (Å²) in [6.45, 7) is 3.82. The molecule has 1 aromatic heterocycles. The monoisotopic (exact) mass is 180 g/mol. The van der Waals surface area contributed by atoms with Gasteiger partial charge in [-0.1, -0.05) is 6.92 Å². The van der Waals surface area contributed by atoms with Crippen LogP contribution in [0.15, 0.2) is 18.6 Å². The van der Waals surface area contributed by atoms with Gasteiger partial charge in [-0.25, -0.2) is 9.97 Å². The molecule has 1 rings (SSSR count). The fraction of sp³-hybridized carbons (Fsp3) is 0.556. The third-order valence-corrected chi connectivity index (χ3v) is 1.87. The Labute approximate surface area is 78.6 Å². The zero-order valence-electron chi connectivity index (χ0n) is 7.90. The maximum atomic E-state index is 5.44. The van der Waals surface area contributed by atoms with Crippen LogP contribution in [0.2, 0.25) is 0 Å². The van der Waals surface area contributed by atoms with Crippen molar-refractivity contribution in [3.05, 3.63) is 18.6 Å². The van der Waals surface area contributed by atoms with Gasteiger partial charge in [0, 0.05) is 12.7 Å². The predicted octanol–water partition coefficient (Wildman–Crippen LogP) is 0.873. The van der Waals surface area contributed by atoms with E-state index < -0.39 is 0 Å². The summed E-state index contributed by atoms with van der Waals surface area (Å²) in [4.78, 5) is 7.90. The van der Waals surface area contributed by atoms with E-state index >= 15 is 0 Å². The second kappa shape index (κ2) is 5.48. The molecular weight excluding hydrogens is 164 g/mol. The first-order valence-corrected chi connectivity index (χ1v) is 4.53. The van der Waals surface area contributed by atoms with Crippen molar-refractivity contribution in [3.8, 4) is 0 Å². The highest BCUT2D eigenvalue weighted by atomic mass is 15.0. The van der Waals surface area contributed by atoms with Crippen molar-refractivity contribution < 1.29 is 0 Å². The normalized spacial score (nSPS) is 12.5. The van der Waals surface area contributed by atoms with E-state index in [9.17, 15) is 0 Å². The van der Waals surface area contributed by atoms with E-state index in [0.29, 0.717) is 5.92 Å². The molecular formula is C9H16N4. The quantitative estimate of drug-likeness (QED) is 0.706. The lowest BCUT2D eigenvalue weighted by molar-refractivity contribution is 0.567. The van der Waals surface area contributed by atoms with Gasteiger partial charge in [0.05, 0.1) is 0 Å². The van der Waals surface area contributed by atoms with E-state index in [2.05, 4.69) is 22.2 Å². The average Bonchev–Trinajstić information content (AvgIpc) is 2.17.